The predicted octanol–water partition coefficient (Wildman–Crippen LogP) is 4.25. The lowest BCUT2D eigenvalue weighted by atomic mass is 10.00. The second-order valence-electron chi connectivity index (χ2n) is 3.66. The normalized spacial score (nSPS) is 10.1. The maximum atomic E-state index is 13.1. The Hall–Kier alpha value is -1.76. The summed E-state index contributed by atoms with van der Waals surface area (Å²) >= 11 is 12.1. The number of halogens is 3. The van der Waals surface area contributed by atoms with E-state index in [1.807, 2.05) is 6.07 Å². The third kappa shape index (κ3) is 2.26. The van der Waals surface area contributed by atoms with Crippen LogP contribution in [0.5, 0.6) is 0 Å². The van der Waals surface area contributed by atoms with Crippen LogP contribution in [0.4, 0.5) is 10.1 Å². The zero-order valence-electron chi connectivity index (χ0n) is 9.05. The smallest absolute Gasteiger partial charge is 0.124 e. The lowest BCUT2D eigenvalue weighted by molar-refractivity contribution is 0.627. The molecule has 0 amide bonds. The molecule has 2 nitrogen and oxygen atoms in total. The van der Waals surface area contributed by atoms with E-state index in [9.17, 15) is 4.39 Å². The highest BCUT2D eigenvalue weighted by molar-refractivity contribution is 6.39. The molecule has 2 rings (SSSR count). The maximum absolute atomic E-state index is 13.1. The molecule has 2 aromatic carbocycles. The minimum atomic E-state index is -0.488. The molecule has 0 heterocycles. The van der Waals surface area contributed by atoms with Crippen LogP contribution >= 0.6 is 23.2 Å². The van der Waals surface area contributed by atoms with Gasteiger partial charge in [0.2, 0.25) is 0 Å². The van der Waals surface area contributed by atoms with Gasteiger partial charge in [0.05, 0.1) is 21.7 Å². The molecule has 18 heavy (non-hydrogen) atoms. The van der Waals surface area contributed by atoms with Crippen LogP contribution in [-0.2, 0) is 0 Å². The van der Waals surface area contributed by atoms with Gasteiger partial charge in [0.15, 0.2) is 0 Å². The highest BCUT2D eigenvalue weighted by atomic mass is 35.5. The van der Waals surface area contributed by atoms with Crippen LogP contribution in [0.25, 0.3) is 11.1 Å². The quantitative estimate of drug-likeness (QED) is 0.794. The number of hydrogen-bond donors (Lipinski definition) is 1. The first kappa shape index (κ1) is 12.7. The minimum Gasteiger partial charge on any atom is -0.399 e. The highest BCUT2D eigenvalue weighted by Gasteiger charge is 2.14. The lowest BCUT2D eigenvalue weighted by Gasteiger charge is -2.10. The molecule has 0 aliphatic carbocycles. The van der Waals surface area contributed by atoms with Crippen LogP contribution in [0, 0.1) is 17.1 Å². The Kier molecular flexibility index (Phi) is 3.42. The Bertz CT molecular complexity index is 640. The van der Waals surface area contributed by atoms with Crippen molar-refractivity contribution >= 4 is 28.9 Å². The largest absolute Gasteiger partial charge is 0.399 e. The van der Waals surface area contributed by atoms with E-state index in [2.05, 4.69) is 0 Å². The number of nitrogens with two attached hydrogens (primary N) is 1. The van der Waals surface area contributed by atoms with Crippen LogP contribution in [0.3, 0.4) is 0 Å². The summed E-state index contributed by atoms with van der Waals surface area (Å²) in [4.78, 5) is 0. The third-order valence-electron chi connectivity index (χ3n) is 2.44. The molecule has 0 spiro atoms. The van der Waals surface area contributed by atoms with Crippen molar-refractivity contribution in [3.63, 3.8) is 0 Å². The summed E-state index contributed by atoms with van der Waals surface area (Å²) in [7, 11) is 0. The SMILES string of the molecule is N#Cc1cc(F)ccc1-c1c(Cl)cc(N)cc1Cl. The van der Waals surface area contributed by atoms with Crippen molar-refractivity contribution in [2.24, 2.45) is 0 Å². The molecular weight excluding hydrogens is 274 g/mol. The molecular formula is C13H7Cl2FN2. The standard InChI is InChI=1S/C13H7Cl2FN2/c14-11-4-9(18)5-12(15)13(11)10-2-1-8(16)3-7(10)6-17/h1-5H,18H2. The van der Waals surface area contributed by atoms with E-state index in [4.69, 9.17) is 34.2 Å². The zero-order valence-corrected chi connectivity index (χ0v) is 10.6. The lowest BCUT2D eigenvalue weighted by Crippen LogP contribution is -1.91. The summed E-state index contributed by atoms with van der Waals surface area (Å²) < 4.78 is 13.1. The van der Waals surface area contributed by atoms with Crippen LogP contribution in [-0.4, -0.2) is 0 Å². The molecule has 0 radical (unpaired) electrons. The van der Waals surface area contributed by atoms with Crippen molar-refractivity contribution in [3.8, 4) is 17.2 Å². The van der Waals surface area contributed by atoms with Crippen molar-refractivity contribution in [1.29, 1.82) is 5.26 Å². The predicted molar refractivity (Wildman–Crippen MR) is 71.0 cm³/mol. The number of rotatable bonds is 1. The summed E-state index contributed by atoms with van der Waals surface area (Å²) in [5, 5.41) is 9.66. The summed E-state index contributed by atoms with van der Waals surface area (Å²) in [6, 6.07) is 8.84. The number of nitriles is 1. The number of anilines is 1. The average molecular weight is 281 g/mol. The van der Waals surface area contributed by atoms with Gasteiger partial charge in [0.1, 0.15) is 5.82 Å². The first-order valence-corrected chi connectivity index (χ1v) is 5.73. The zero-order chi connectivity index (χ0) is 13.3. The first-order chi connectivity index (χ1) is 8.52. The van der Waals surface area contributed by atoms with E-state index >= 15 is 0 Å². The van der Waals surface area contributed by atoms with Gasteiger partial charge in [-0.25, -0.2) is 4.39 Å². The number of benzene rings is 2. The van der Waals surface area contributed by atoms with Gasteiger partial charge in [0.25, 0.3) is 0 Å². The molecule has 0 aromatic heterocycles. The number of nitrogen functional groups attached to an aromatic ring is 1. The molecule has 0 saturated carbocycles. The molecule has 0 aliphatic rings. The summed E-state index contributed by atoms with van der Waals surface area (Å²) in [5.41, 5.74) is 7.16. The van der Waals surface area contributed by atoms with E-state index in [-0.39, 0.29) is 5.56 Å². The first-order valence-electron chi connectivity index (χ1n) is 4.97. The molecule has 2 N–H and O–H groups in total. The van der Waals surface area contributed by atoms with E-state index < -0.39 is 5.82 Å². The molecule has 90 valence electrons. The molecule has 5 heteroatoms. The van der Waals surface area contributed by atoms with Crippen molar-refractivity contribution in [3.05, 3.63) is 51.8 Å². The van der Waals surface area contributed by atoms with Crippen molar-refractivity contribution in [2.75, 3.05) is 5.73 Å². The Labute approximate surface area is 113 Å². The Balaban J connectivity index is 2.74. The average Bonchev–Trinajstić information content (AvgIpc) is 2.29. The van der Waals surface area contributed by atoms with E-state index in [1.54, 1.807) is 0 Å². The second kappa shape index (κ2) is 4.85. The van der Waals surface area contributed by atoms with Crippen molar-refractivity contribution in [2.45, 2.75) is 0 Å². The molecule has 0 unspecified atom stereocenters. The van der Waals surface area contributed by atoms with Gasteiger partial charge in [-0.05, 0) is 24.3 Å². The molecule has 0 saturated heterocycles. The van der Waals surface area contributed by atoms with Gasteiger partial charge in [-0.1, -0.05) is 29.3 Å². The number of nitrogens with zero attached hydrogens (tertiary/aromatic N) is 1. The molecule has 0 atom stereocenters. The van der Waals surface area contributed by atoms with Crippen LogP contribution in [0.1, 0.15) is 5.56 Å². The van der Waals surface area contributed by atoms with Crippen LogP contribution in [0.2, 0.25) is 10.0 Å². The van der Waals surface area contributed by atoms with Gasteiger partial charge in [0, 0.05) is 16.8 Å². The third-order valence-corrected chi connectivity index (χ3v) is 3.03. The fraction of sp³-hybridized carbons (Fsp3) is 0. The van der Waals surface area contributed by atoms with Crippen molar-refractivity contribution in [1.82, 2.24) is 0 Å². The van der Waals surface area contributed by atoms with Gasteiger partial charge < -0.3 is 5.73 Å². The van der Waals surface area contributed by atoms with Gasteiger partial charge in [-0.15, -0.1) is 0 Å². The fourth-order valence-corrected chi connectivity index (χ4v) is 2.38. The van der Waals surface area contributed by atoms with Gasteiger partial charge in [-0.2, -0.15) is 5.26 Å². The Morgan fingerprint density at radius 3 is 2.28 bits per heavy atom. The summed E-state index contributed by atoms with van der Waals surface area (Å²) in [6.07, 6.45) is 0. The van der Waals surface area contributed by atoms with E-state index in [0.29, 0.717) is 26.9 Å². The van der Waals surface area contributed by atoms with Gasteiger partial charge >= 0.3 is 0 Å². The summed E-state index contributed by atoms with van der Waals surface area (Å²) in [5.74, 6) is -0.488. The van der Waals surface area contributed by atoms with E-state index in [0.717, 1.165) is 6.07 Å². The van der Waals surface area contributed by atoms with Crippen LogP contribution in [0.15, 0.2) is 30.3 Å². The fourth-order valence-electron chi connectivity index (χ4n) is 1.68. The monoisotopic (exact) mass is 280 g/mol. The molecule has 0 fully saturated rings. The maximum Gasteiger partial charge on any atom is 0.124 e. The molecule has 0 aliphatic heterocycles. The number of hydrogen-bond acceptors (Lipinski definition) is 2. The van der Waals surface area contributed by atoms with Gasteiger partial charge in [-0.3, -0.25) is 0 Å². The van der Waals surface area contributed by atoms with Crippen molar-refractivity contribution < 1.29 is 4.39 Å². The topological polar surface area (TPSA) is 49.8 Å². The minimum absolute atomic E-state index is 0.170. The van der Waals surface area contributed by atoms with Crippen LogP contribution < -0.4 is 5.73 Å². The Morgan fingerprint density at radius 2 is 1.72 bits per heavy atom. The highest BCUT2D eigenvalue weighted by Crippen LogP contribution is 2.38. The van der Waals surface area contributed by atoms with E-state index in [1.165, 1.54) is 24.3 Å². The molecule has 2 aromatic rings. The summed E-state index contributed by atoms with van der Waals surface area (Å²) in [6.45, 7) is 0. The molecule has 0 bridgehead atoms. The Morgan fingerprint density at radius 1 is 1.11 bits per heavy atom. The second-order valence-corrected chi connectivity index (χ2v) is 4.48.